The Balaban J connectivity index is 0.000000318. The molecule has 1 aromatic carbocycles. The SMILES string of the molecule is COCC1CN(Cc2ccc3c(c2)OCO3)Cc2ccnn2C1.O=C(O)C(F)(F)F. The maximum Gasteiger partial charge on any atom is 0.490 e. The summed E-state index contributed by atoms with van der Waals surface area (Å²) in [5, 5.41) is 11.6. The second kappa shape index (κ2) is 9.35. The summed E-state index contributed by atoms with van der Waals surface area (Å²) in [5.74, 6) is -0.640. The lowest BCUT2D eigenvalue weighted by atomic mass is 10.1. The Bertz CT molecular complexity index is 871. The topological polar surface area (TPSA) is 86.1 Å². The molecule has 0 aliphatic carbocycles. The number of aromatic nitrogens is 2. The number of carboxylic acids is 1. The lowest BCUT2D eigenvalue weighted by Gasteiger charge is -2.23. The maximum absolute atomic E-state index is 10.6. The number of nitrogens with zero attached hydrogens (tertiary/aromatic N) is 3. The summed E-state index contributed by atoms with van der Waals surface area (Å²) >= 11 is 0. The van der Waals surface area contributed by atoms with Crippen LogP contribution in [-0.2, 0) is 29.2 Å². The molecule has 1 unspecified atom stereocenters. The van der Waals surface area contributed by atoms with E-state index in [1.54, 1.807) is 7.11 Å². The number of methoxy groups -OCH3 is 1. The molecule has 1 atom stereocenters. The predicted octanol–water partition coefficient (Wildman–Crippen LogP) is 2.52. The van der Waals surface area contributed by atoms with Gasteiger partial charge in [0, 0.05) is 45.4 Å². The monoisotopic (exact) mass is 429 g/mol. The van der Waals surface area contributed by atoms with Crippen LogP contribution in [0.4, 0.5) is 13.2 Å². The third-order valence-corrected chi connectivity index (χ3v) is 4.63. The molecule has 2 aromatic rings. The van der Waals surface area contributed by atoms with Crippen LogP contribution in [0.5, 0.6) is 11.5 Å². The molecule has 8 nitrogen and oxygen atoms in total. The van der Waals surface area contributed by atoms with E-state index in [0.29, 0.717) is 12.7 Å². The number of fused-ring (bicyclic) bond motifs is 2. The summed E-state index contributed by atoms with van der Waals surface area (Å²) in [6, 6.07) is 8.28. The fraction of sp³-hybridized carbons (Fsp3) is 0.474. The van der Waals surface area contributed by atoms with Crippen molar-refractivity contribution in [3.63, 3.8) is 0 Å². The fourth-order valence-corrected chi connectivity index (χ4v) is 3.38. The molecule has 1 aromatic heterocycles. The van der Waals surface area contributed by atoms with Crippen LogP contribution in [0.3, 0.4) is 0 Å². The zero-order valence-electron chi connectivity index (χ0n) is 16.3. The normalized spacial score (nSPS) is 18.2. The fourth-order valence-electron chi connectivity index (χ4n) is 3.38. The van der Waals surface area contributed by atoms with Crippen molar-refractivity contribution in [2.75, 3.05) is 27.1 Å². The summed E-state index contributed by atoms with van der Waals surface area (Å²) in [7, 11) is 1.76. The van der Waals surface area contributed by atoms with Crippen molar-refractivity contribution in [3.05, 3.63) is 41.7 Å². The highest BCUT2D eigenvalue weighted by atomic mass is 19.4. The molecule has 0 fully saturated rings. The third kappa shape index (κ3) is 5.63. The van der Waals surface area contributed by atoms with Gasteiger partial charge < -0.3 is 19.3 Å². The number of carbonyl (C=O) groups is 1. The molecular formula is C19H22F3N3O5. The lowest BCUT2D eigenvalue weighted by molar-refractivity contribution is -0.192. The molecule has 11 heteroatoms. The summed E-state index contributed by atoms with van der Waals surface area (Å²) in [5.41, 5.74) is 2.49. The summed E-state index contributed by atoms with van der Waals surface area (Å²) in [6.45, 7) is 4.74. The summed E-state index contributed by atoms with van der Waals surface area (Å²) in [4.78, 5) is 11.3. The largest absolute Gasteiger partial charge is 0.490 e. The lowest BCUT2D eigenvalue weighted by Crippen LogP contribution is -2.29. The van der Waals surface area contributed by atoms with Gasteiger partial charge in [0.25, 0.3) is 0 Å². The molecule has 3 heterocycles. The Morgan fingerprint density at radius 3 is 2.70 bits per heavy atom. The van der Waals surface area contributed by atoms with E-state index in [1.807, 2.05) is 12.3 Å². The first-order valence-corrected chi connectivity index (χ1v) is 9.17. The number of hydrogen-bond acceptors (Lipinski definition) is 6. The van der Waals surface area contributed by atoms with Crippen LogP contribution in [0.1, 0.15) is 11.3 Å². The highest BCUT2D eigenvalue weighted by Crippen LogP contribution is 2.33. The number of ether oxygens (including phenoxy) is 3. The molecular weight excluding hydrogens is 407 g/mol. The molecule has 2 aliphatic heterocycles. The van der Waals surface area contributed by atoms with E-state index in [4.69, 9.17) is 24.1 Å². The van der Waals surface area contributed by atoms with Gasteiger partial charge in [-0.2, -0.15) is 18.3 Å². The van der Waals surface area contributed by atoms with E-state index in [9.17, 15) is 13.2 Å². The Morgan fingerprint density at radius 2 is 2.00 bits per heavy atom. The van der Waals surface area contributed by atoms with E-state index in [1.165, 1.54) is 11.3 Å². The van der Waals surface area contributed by atoms with Gasteiger partial charge in [0.05, 0.1) is 12.3 Å². The molecule has 0 spiro atoms. The Morgan fingerprint density at radius 1 is 1.27 bits per heavy atom. The van der Waals surface area contributed by atoms with Gasteiger partial charge in [0.15, 0.2) is 11.5 Å². The van der Waals surface area contributed by atoms with Crippen molar-refractivity contribution in [2.45, 2.75) is 25.8 Å². The van der Waals surface area contributed by atoms with Crippen LogP contribution in [0.25, 0.3) is 0 Å². The number of carboxylic acid groups (broad SMARTS) is 1. The molecule has 164 valence electrons. The van der Waals surface area contributed by atoms with Crippen LogP contribution in [-0.4, -0.2) is 59.0 Å². The zero-order chi connectivity index (χ0) is 21.7. The minimum absolute atomic E-state index is 0.317. The van der Waals surface area contributed by atoms with Gasteiger partial charge in [-0.3, -0.25) is 9.58 Å². The average Bonchev–Trinajstić information content (AvgIpc) is 3.27. The second-order valence-electron chi connectivity index (χ2n) is 6.99. The first-order valence-electron chi connectivity index (χ1n) is 9.17. The minimum atomic E-state index is -5.08. The summed E-state index contributed by atoms with van der Waals surface area (Å²) < 4.78 is 50.1. The Hall–Kier alpha value is -2.79. The highest BCUT2D eigenvalue weighted by Gasteiger charge is 2.38. The minimum Gasteiger partial charge on any atom is -0.475 e. The number of halogens is 3. The first kappa shape index (κ1) is 21.9. The quantitative estimate of drug-likeness (QED) is 0.799. The smallest absolute Gasteiger partial charge is 0.475 e. The van der Waals surface area contributed by atoms with Gasteiger partial charge in [-0.1, -0.05) is 6.07 Å². The standard InChI is InChI=1S/C17H21N3O3.C2HF3O2/c1-21-11-14-8-19(10-15-4-5-18-20(15)9-14)7-13-2-3-16-17(6-13)23-12-22-16;3-2(4,5)1(6)7/h2-6,14H,7-12H2,1H3;(H,6,7). The van der Waals surface area contributed by atoms with Gasteiger partial charge in [-0.25, -0.2) is 4.79 Å². The van der Waals surface area contributed by atoms with Gasteiger partial charge >= 0.3 is 12.1 Å². The van der Waals surface area contributed by atoms with Crippen molar-refractivity contribution in [3.8, 4) is 11.5 Å². The van der Waals surface area contributed by atoms with Crippen LogP contribution < -0.4 is 9.47 Å². The van der Waals surface area contributed by atoms with Crippen LogP contribution in [0, 0.1) is 5.92 Å². The average molecular weight is 429 g/mol. The number of hydrogen-bond donors (Lipinski definition) is 1. The van der Waals surface area contributed by atoms with Crippen LogP contribution in [0.15, 0.2) is 30.5 Å². The summed E-state index contributed by atoms with van der Waals surface area (Å²) in [6.07, 6.45) is -3.21. The van der Waals surface area contributed by atoms with E-state index >= 15 is 0 Å². The number of benzene rings is 1. The number of rotatable bonds is 4. The van der Waals surface area contributed by atoms with Gasteiger partial charge in [-0.05, 0) is 23.8 Å². The molecule has 0 amide bonds. The highest BCUT2D eigenvalue weighted by molar-refractivity contribution is 5.73. The van der Waals surface area contributed by atoms with E-state index in [0.717, 1.165) is 44.3 Å². The molecule has 2 aliphatic rings. The van der Waals surface area contributed by atoms with Crippen molar-refractivity contribution < 1.29 is 37.3 Å². The molecule has 30 heavy (non-hydrogen) atoms. The molecule has 0 bridgehead atoms. The van der Waals surface area contributed by atoms with Gasteiger partial charge in [-0.15, -0.1) is 0 Å². The molecule has 1 N–H and O–H groups in total. The van der Waals surface area contributed by atoms with Gasteiger partial charge in [0.1, 0.15) is 0 Å². The van der Waals surface area contributed by atoms with Crippen LogP contribution in [0.2, 0.25) is 0 Å². The molecule has 4 rings (SSSR count). The molecule has 0 saturated heterocycles. The zero-order valence-corrected chi connectivity index (χ0v) is 16.3. The van der Waals surface area contributed by atoms with Crippen molar-refractivity contribution in [1.29, 1.82) is 0 Å². The third-order valence-electron chi connectivity index (χ3n) is 4.63. The number of aliphatic carboxylic acids is 1. The molecule has 0 radical (unpaired) electrons. The van der Waals surface area contributed by atoms with E-state index in [-0.39, 0.29) is 0 Å². The van der Waals surface area contributed by atoms with E-state index < -0.39 is 12.1 Å². The predicted molar refractivity (Wildman–Crippen MR) is 98.0 cm³/mol. The van der Waals surface area contributed by atoms with Crippen molar-refractivity contribution >= 4 is 5.97 Å². The van der Waals surface area contributed by atoms with Crippen LogP contribution >= 0.6 is 0 Å². The molecule has 0 saturated carbocycles. The Kier molecular flexibility index (Phi) is 6.83. The second-order valence-corrected chi connectivity index (χ2v) is 6.99. The first-order chi connectivity index (χ1) is 14.3. The number of alkyl halides is 3. The van der Waals surface area contributed by atoms with Crippen molar-refractivity contribution in [1.82, 2.24) is 14.7 Å². The Labute approximate surface area is 170 Å². The maximum atomic E-state index is 10.6. The van der Waals surface area contributed by atoms with Gasteiger partial charge in [0.2, 0.25) is 6.79 Å². The van der Waals surface area contributed by atoms with Crippen molar-refractivity contribution in [2.24, 2.45) is 5.92 Å². The van der Waals surface area contributed by atoms with E-state index in [2.05, 4.69) is 32.9 Å².